The number of hydrogen-bond acceptors (Lipinski definition) is 5. The Bertz CT molecular complexity index is 1040. The van der Waals surface area contributed by atoms with E-state index in [0.29, 0.717) is 43.7 Å². The van der Waals surface area contributed by atoms with Gasteiger partial charge in [0.2, 0.25) is 0 Å². The Kier molecular flexibility index (Phi) is 15.7. The van der Waals surface area contributed by atoms with Crippen molar-refractivity contribution < 1.29 is 31.6 Å². The van der Waals surface area contributed by atoms with E-state index in [4.69, 9.17) is 13.7 Å². The third kappa shape index (κ3) is 10.6. The predicted molar refractivity (Wildman–Crippen MR) is 159 cm³/mol. The van der Waals surface area contributed by atoms with E-state index >= 15 is 0 Å². The number of nitrogens with zero attached hydrogens (tertiary/aromatic N) is 1. The molecule has 224 valence electrons. The topological polar surface area (TPSA) is 48.0 Å². The zero-order valence-corrected chi connectivity index (χ0v) is 25.6. The second-order valence-corrected chi connectivity index (χ2v) is 9.32. The van der Waals surface area contributed by atoms with E-state index in [0.717, 1.165) is 17.6 Å². The molecule has 5 nitrogen and oxygen atoms in total. The Balaban J connectivity index is 0.00000125. The van der Waals surface area contributed by atoms with Gasteiger partial charge in [0.25, 0.3) is 0 Å². The molecule has 0 atom stereocenters. The lowest BCUT2D eigenvalue weighted by Crippen LogP contribution is -2.44. The van der Waals surface area contributed by atoms with E-state index in [2.05, 4.69) is 0 Å². The number of hydrogen-bond donors (Lipinski definition) is 0. The standard InChI is InChI=1S/C25H26F3NO4S.3C2H6/c1-31-20-9-8-19-15-24(16-22(21(19)14-20)33-34-25(26,27)28)10-12-29(13-11-24)23(30)32-17-18-6-4-2-3-5-7-18;3*1-2/h2-4,6-9,14,16H,5,10-13,15,17H2,1H3;3*1-2H3. The maximum absolute atomic E-state index is 12.9. The van der Waals surface area contributed by atoms with E-state index in [1.54, 1.807) is 23.1 Å². The van der Waals surface area contributed by atoms with Gasteiger partial charge in [-0.2, -0.15) is 13.2 Å². The van der Waals surface area contributed by atoms with Crippen molar-refractivity contribution in [3.63, 3.8) is 0 Å². The van der Waals surface area contributed by atoms with Gasteiger partial charge in [-0.25, -0.2) is 4.79 Å². The number of fused-ring (bicyclic) bond motifs is 1. The molecule has 9 heteroatoms. The van der Waals surface area contributed by atoms with Gasteiger partial charge in [0.1, 0.15) is 18.1 Å². The molecule has 1 saturated heterocycles. The Morgan fingerprint density at radius 2 is 1.73 bits per heavy atom. The van der Waals surface area contributed by atoms with Crippen molar-refractivity contribution in [1.29, 1.82) is 0 Å². The van der Waals surface area contributed by atoms with Crippen LogP contribution in [0.2, 0.25) is 0 Å². The summed E-state index contributed by atoms with van der Waals surface area (Å²) in [5.74, 6) is 0.729. The lowest BCUT2D eigenvalue weighted by molar-refractivity contribution is -0.0376. The summed E-state index contributed by atoms with van der Waals surface area (Å²) in [6.45, 7) is 13.1. The third-order valence-electron chi connectivity index (χ3n) is 6.24. The number of amides is 1. The molecule has 1 heterocycles. The SMILES string of the molecule is CC.CC.CC.COc1ccc2c(c1)C(OSC(F)(F)F)=CC1(CCN(C(=O)OCC3=CCC=CC=C3)CC1)C2. The van der Waals surface area contributed by atoms with Gasteiger partial charge in [-0.15, -0.1) is 0 Å². The van der Waals surface area contributed by atoms with Crippen LogP contribution in [0.25, 0.3) is 5.76 Å². The zero-order valence-electron chi connectivity index (χ0n) is 24.8. The van der Waals surface area contributed by atoms with Crippen LogP contribution >= 0.6 is 12.0 Å². The molecular formula is C31H44F3NO4S. The molecular weight excluding hydrogens is 539 g/mol. The first-order chi connectivity index (χ1) is 19.3. The smallest absolute Gasteiger partial charge is 0.479 e. The number of ether oxygens (including phenoxy) is 2. The number of carbonyl (C=O) groups is 1. The second-order valence-electron chi connectivity index (χ2n) is 8.53. The summed E-state index contributed by atoms with van der Waals surface area (Å²) < 4.78 is 54.5. The number of likely N-dealkylation sites (tertiary alicyclic amines) is 1. The highest BCUT2D eigenvalue weighted by atomic mass is 32.2. The first kappa shape index (κ1) is 35.2. The lowest BCUT2D eigenvalue weighted by Gasteiger charge is -2.42. The van der Waals surface area contributed by atoms with Crippen molar-refractivity contribution in [2.24, 2.45) is 5.41 Å². The number of allylic oxidation sites excluding steroid dienone is 5. The predicted octanol–water partition coefficient (Wildman–Crippen LogP) is 9.52. The second kappa shape index (κ2) is 17.8. The third-order valence-corrected chi connectivity index (χ3v) is 6.69. The Labute approximate surface area is 242 Å². The van der Waals surface area contributed by atoms with Crippen molar-refractivity contribution in [2.75, 3.05) is 26.8 Å². The minimum Gasteiger partial charge on any atom is -0.497 e. The molecule has 0 aromatic heterocycles. The summed E-state index contributed by atoms with van der Waals surface area (Å²) in [5, 5.41) is 0. The first-order valence-electron chi connectivity index (χ1n) is 14.0. The van der Waals surface area contributed by atoms with Crippen LogP contribution < -0.4 is 4.74 Å². The van der Waals surface area contributed by atoms with Crippen molar-refractivity contribution in [3.8, 4) is 5.75 Å². The zero-order chi connectivity index (χ0) is 30.2. The molecule has 0 N–H and O–H groups in total. The summed E-state index contributed by atoms with van der Waals surface area (Å²) in [5.41, 5.74) is -2.47. The molecule has 1 fully saturated rings. The van der Waals surface area contributed by atoms with Gasteiger partial charge in [0.15, 0.2) is 12.0 Å². The number of carbonyl (C=O) groups excluding carboxylic acids is 1. The van der Waals surface area contributed by atoms with E-state index in [1.165, 1.54) is 7.11 Å². The summed E-state index contributed by atoms with van der Waals surface area (Å²) in [6, 6.07) is 5.36. The van der Waals surface area contributed by atoms with Gasteiger partial charge in [-0.3, -0.25) is 0 Å². The summed E-state index contributed by atoms with van der Waals surface area (Å²) >= 11 is -0.517. The van der Waals surface area contributed by atoms with Crippen LogP contribution in [-0.2, 0) is 15.3 Å². The largest absolute Gasteiger partial charge is 0.497 e. The van der Waals surface area contributed by atoms with Gasteiger partial charge >= 0.3 is 11.6 Å². The van der Waals surface area contributed by atoms with Crippen molar-refractivity contribution >= 4 is 23.9 Å². The van der Waals surface area contributed by atoms with E-state index in [-0.39, 0.29) is 18.5 Å². The van der Waals surface area contributed by atoms with Crippen LogP contribution in [0, 0.1) is 5.41 Å². The average Bonchev–Trinajstić information content (AvgIpc) is 3.26. The fourth-order valence-corrected chi connectivity index (χ4v) is 4.76. The van der Waals surface area contributed by atoms with Crippen LogP contribution in [0.5, 0.6) is 5.75 Å². The number of rotatable bonds is 5. The van der Waals surface area contributed by atoms with Crippen LogP contribution in [0.4, 0.5) is 18.0 Å². The molecule has 0 bridgehead atoms. The van der Waals surface area contributed by atoms with Gasteiger partial charge in [0, 0.05) is 18.7 Å². The minimum atomic E-state index is -4.52. The molecule has 40 heavy (non-hydrogen) atoms. The van der Waals surface area contributed by atoms with Crippen molar-refractivity contribution in [2.45, 2.75) is 72.7 Å². The Morgan fingerprint density at radius 3 is 2.35 bits per heavy atom. The molecule has 4 rings (SSSR count). The molecule has 1 amide bonds. The lowest BCUT2D eigenvalue weighted by atomic mass is 9.69. The molecule has 0 unspecified atom stereocenters. The van der Waals surface area contributed by atoms with Crippen LogP contribution in [-0.4, -0.2) is 43.3 Å². The van der Waals surface area contributed by atoms with E-state index in [9.17, 15) is 18.0 Å². The molecule has 1 aromatic carbocycles. The maximum atomic E-state index is 12.9. The highest BCUT2D eigenvalue weighted by Gasteiger charge is 2.40. The van der Waals surface area contributed by atoms with Crippen LogP contribution in [0.15, 0.2) is 60.2 Å². The van der Waals surface area contributed by atoms with Crippen LogP contribution in [0.1, 0.15) is 71.9 Å². The fourth-order valence-electron chi connectivity index (χ4n) is 4.44. The normalized spacial score (nSPS) is 16.7. The molecule has 2 aliphatic carbocycles. The quantitative estimate of drug-likeness (QED) is 0.323. The van der Waals surface area contributed by atoms with Crippen molar-refractivity contribution in [1.82, 2.24) is 4.90 Å². The van der Waals surface area contributed by atoms with Gasteiger partial charge < -0.3 is 18.6 Å². The average molecular weight is 584 g/mol. The highest BCUT2D eigenvalue weighted by Crippen LogP contribution is 2.47. The molecule has 3 aliphatic rings. The monoisotopic (exact) mass is 583 g/mol. The number of halogens is 3. The van der Waals surface area contributed by atoms with E-state index in [1.807, 2.05) is 78.0 Å². The van der Waals surface area contributed by atoms with E-state index < -0.39 is 23.0 Å². The number of piperidine rings is 1. The van der Waals surface area contributed by atoms with Gasteiger partial charge in [-0.1, -0.05) is 78.0 Å². The van der Waals surface area contributed by atoms with Gasteiger partial charge in [0.05, 0.1) is 7.11 Å². The fraction of sp³-hybridized carbons (Fsp3) is 0.516. The molecule has 1 aromatic rings. The van der Waals surface area contributed by atoms with Crippen LogP contribution in [0.3, 0.4) is 0 Å². The summed E-state index contributed by atoms with van der Waals surface area (Å²) in [4.78, 5) is 14.3. The molecule has 0 saturated carbocycles. The highest BCUT2D eigenvalue weighted by molar-refractivity contribution is 7.95. The first-order valence-corrected chi connectivity index (χ1v) is 14.8. The summed E-state index contributed by atoms with van der Waals surface area (Å²) in [6.07, 6.45) is 13.9. The number of alkyl halides is 3. The Hall–Kier alpha value is -2.81. The number of methoxy groups -OCH3 is 1. The van der Waals surface area contributed by atoms with Crippen molar-refractivity contribution in [3.05, 3.63) is 71.4 Å². The maximum Gasteiger partial charge on any atom is 0.479 e. The molecule has 1 spiro atoms. The number of benzene rings is 1. The summed E-state index contributed by atoms with van der Waals surface area (Å²) in [7, 11) is 1.51. The minimum absolute atomic E-state index is 0.180. The van der Waals surface area contributed by atoms with Gasteiger partial charge in [-0.05, 0) is 60.4 Å². The Morgan fingerprint density at radius 1 is 1.05 bits per heavy atom. The molecule has 1 aliphatic heterocycles. The molecule has 0 radical (unpaired) electrons.